The van der Waals surface area contributed by atoms with Crippen molar-refractivity contribution < 1.29 is 4.79 Å². The number of carbonyl (C=O) groups excluding carboxylic acids is 1. The van der Waals surface area contributed by atoms with Gasteiger partial charge >= 0.3 is 0 Å². The Kier molecular flexibility index (Phi) is 3.71. The Morgan fingerprint density at radius 2 is 2.09 bits per heavy atom. The maximum atomic E-state index is 12.2. The first-order valence-corrected chi connectivity index (χ1v) is 9.18. The van der Waals surface area contributed by atoms with Gasteiger partial charge in [-0.2, -0.15) is 4.99 Å². The third-order valence-corrected chi connectivity index (χ3v) is 5.84. The maximum Gasteiger partial charge on any atom is 0.286 e. The van der Waals surface area contributed by atoms with Gasteiger partial charge in [-0.25, -0.2) is 4.98 Å². The number of likely N-dealkylation sites (tertiary alicyclic amines) is 1. The Bertz CT molecular complexity index is 801. The van der Waals surface area contributed by atoms with Gasteiger partial charge in [0.15, 0.2) is 15.3 Å². The summed E-state index contributed by atoms with van der Waals surface area (Å²) in [5.41, 5.74) is 0.740. The van der Waals surface area contributed by atoms with Crippen LogP contribution in [-0.2, 0) is 4.79 Å². The van der Waals surface area contributed by atoms with Gasteiger partial charge in [0, 0.05) is 24.7 Å². The van der Waals surface area contributed by atoms with E-state index in [4.69, 9.17) is 11.6 Å². The molecule has 5 nitrogen and oxygen atoms in total. The molecule has 4 rings (SSSR count). The Hall–Kier alpha value is -1.31. The van der Waals surface area contributed by atoms with Crippen LogP contribution >= 0.6 is 34.7 Å². The number of carbonyl (C=O) groups is 1. The topological polar surface area (TPSA) is 50.0 Å². The van der Waals surface area contributed by atoms with E-state index in [1.165, 1.54) is 29.5 Å². The maximum absolute atomic E-state index is 12.2. The fourth-order valence-corrected chi connectivity index (χ4v) is 4.59. The van der Waals surface area contributed by atoms with Gasteiger partial charge in [0.05, 0.1) is 10.6 Å². The predicted octanol–water partition coefficient (Wildman–Crippen LogP) is 3.51. The molecule has 2 aromatic rings. The molecule has 8 heteroatoms. The molecule has 0 spiro atoms. The van der Waals surface area contributed by atoms with Crippen molar-refractivity contribution in [3.05, 3.63) is 27.3 Å². The molecular weight excluding hydrogens is 340 g/mol. The highest BCUT2D eigenvalue weighted by atomic mass is 35.5. The molecule has 1 saturated heterocycles. The van der Waals surface area contributed by atoms with Gasteiger partial charge in [0.25, 0.3) is 5.91 Å². The SMILES string of the molecule is O=C1N=C(N2CCCCC2)SC1=Cc1c(Cl)nc2sccn12. The molecule has 0 N–H and O–H groups in total. The van der Waals surface area contributed by atoms with Crippen LogP contribution in [0.1, 0.15) is 25.0 Å². The van der Waals surface area contributed by atoms with Crippen LogP contribution in [0.3, 0.4) is 0 Å². The molecule has 0 aromatic carbocycles. The van der Waals surface area contributed by atoms with Crippen LogP contribution < -0.4 is 0 Å². The minimum absolute atomic E-state index is 0.188. The molecule has 0 aliphatic carbocycles. The molecule has 0 unspecified atom stereocenters. The van der Waals surface area contributed by atoms with Gasteiger partial charge in [-0.1, -0.05) is 11.6 Å². The summed E-state index contributed by atoms with van der Waals surface area (Å²) in [6, 6.07) is 0. The molecule has 4 heterocycles. The smallest absolute Gasteiger partial charge is 0.286 e. The molecule has 114 valence electrons. The number of hydrogen-bond acceptors (Lipinski definition) is 5. The molecule has 1 fully saturated rings. The average Bonchev–Trinajstić information content (AvgIpc) is 3.19. The number of fused-ring (bicyclic) bond motifs is 1. The summed E-state index contributed by atoms with van der Waals surface area (Å²) in [6.07, 6.45) is 7.28. The number of thiazole rings is 1. The number of aromatic nitrogens is 2. The number of aliphatic imine (C=N–C) groups is 1. The van der Waals surface area contributed by atoms with Crippen molar-refractivity contribution in [2.24, 2.45) is 4.99 Å². The van der Waals surface area contributed by atoms with E-state index in [0.717, 1.165) is 41.8 Å². The molecule has 2 aromatic heterocycles. The highest BCUT2D eigenvalue weighted by Gasteiger charge is 2.27. The lowest BCUT2D eigenvalue weighted by molar-refractivity contribution is -0.113. The number of piperidine rings is 1. The zero-order chi connectivity index (χ0) is 15.1. The van der Waals surface area contributed by atoms with Gasteiger partial charge in [0.1, 0.15) is 0 Å². The first-order valence-electron chi connectivity index (χ1n) is 7.11. The molecule has 0 radical (unpaired) electrons. The second kappa shape index (κ2) is 5.72. The van der Waals surface area contributed by atoms with Crippen LogP contribution in [0, 0.1) is 0 Å². The van der Waals surface area contributed by atoms with E-state index >= 15 is 0 Å². The average molecular weight is 353 g/mol. The summed E-state index contributed by atoms with van der Waals surface area (Å²) < 4.78 is 1.90. The van der Waals surface area contributed by atoms with E-state index in [-0.39, 0.29) is 5.91 Å². The lowest BCUT2D eigenvalue weighted by Gasteiger charge is -2.27. The van der Waals surface area contributed by atoms with Crippen molar-refractivity contribution >= 4 is 56.8 Å². The minimum atomic E-state index is -0.188. The number of imidazole rings is 1. The van der Waals surface area contributed by atoms with E-state index in [2.05, 4.69) is 14.9 Å². The summed E-state index contributed by atoms with van der Waals surface area (Å²) in [5, 5.41) is 3.18. The molecule has 0 bridgehead atoms. The highest BCUT2D eigenvalue weighted by Crippen LogP contribution is 2.33. The first-order chi connectivity index (χ1) is 10.7. The molecule has 1 amide bonds. The monoisotopic (exact) mass is 352 g/mol. The van der Waals surface area contributed by atoms with E-state index in [1.54, 1.807) is 6.08 Å². The second-order valence-corrected chi connectivity index (χ2v) is 7.44. The molecule has 2 aliphatic heterocycles. The Morgan fingerprint density at radius 1 is 1.27 bits per heavy atom. The van der Waals surface area contributed by atoms with Crippen LogP contribution in [0.15, 0.2) is 21.5 Å². The van der Waals surface area contributed by atoms with Gasteiger partial charge in [-0.3, -0.25) is 9.20 Å². The second-order valence-electron chi connectivity index (χ2n) is 5.20. The van der Waals surface area contributed by atoms with Crippen molar-refractivity contribution in [2.45, 2.75) is 19.3 Å². The van der Waals surface area contributed by atoms with Crippen LogP contribution in [0.2, 0.25) is 5.15 Å². The van der Waals surface area contributed by atoms with Gasteiger partial charge < -0.3 is 4.90 Å². The number of hydrogen-bond donors (Lipinski definition) is 0. The van der Waals surface area contributed by atoms with Crippen molar-refractivity contribution in [2.75, 3.05) is 13.1 Å². The standard InChI is InChI=1S/C14H13ClN4OS2/c15-11-9(19-6-7-21-14(19)16-11)8-10-12(20)17-13(22-10)18-4-2-1-3-5-18/h6-8H,1-5H2. The number of nitrogens with zero attached hydrogens (tertiary/aromatic N) is 4. The number of amidine groups is 1. The van der Waals surface area contributed by atoms with E-state index in [1.807, 2.05) is 16.0 Å². The molecule has 0 atom stereocenters. The van der Waals surface area contributed by atoms with Gasteiger partial charge in [-0.15, -0.1) is 11.3 Å². The summed E-state index contributed by atoms with van der Waals surface area (Å²) in [7, 11) is 0. The lowest BCUT2D eigenvalue weighted by Crippen LogP contribution is -2.33. The van der Waals surface area contributed by atoms with Crippen molar-refractivity contribution in [1.29, 1.82) is 0 Å². The van der Waals surface area contributed by atoms with Crippen molar-refractivity contribution in [3.63, 3.8) is 0 Å². The zero-order valence-electron chi connectivity index (χ0n) is 11.7. The summed E-state index contributed by atoms with van der Waals surface area (Å²) in [6.45, 7) is 1.96. The number of thioether (sulfide) groups is 1. The molecule has 2 aliphatic rings. The quantitative estimate of drug-likeness (QED) is 0.737. The number of halogens is 1. The normalized spacial score (nSPS) is 21.1. The van der Waals surface area contributed by atoms with E-state index in [9.17, 15) is 4.79 Å². The largest absolute Gasteiger partial charge is 0.351 e. The van der Waals surface area contributed by atoms with E-state index < -0.39 is 0 Å². The fourth-order valence-electron chi connectivity index (χ4n) is 2.65. The summed E-state index contributed by atoms with van der Waals surface area (Å²) >= 11 is 9.13. The zero-order valence-corrected chi connectivity index (χ0v) is 14.0. The Morgan fingerprint density at radius 3 is 2.91 bits per heavy atom. The predicted molar refractivity (Wildman–Crippen MR) is 91.5 cm³/mol. The fraction of sp³-hybridized carbons (Fsp3) is 0.357. The van der Waals surface area contributed by atoms with Crippen LogP contribution in [-0.4, -0.2) is 38.4 Å². The molecule has 0 saturated carbocycles. The van der Waals surface area contributed by atoms with E-state index in [0.29, 0.717) is 10.1 Å². The summed E-state index contributed by atoms with van der Waals surface area (Å²) in [4.78, 5) is 24.3. The molecule has 22 heavy (non-hydrogen) atoms. The van der Waals surface area contributed by atoms with Gasteiger partial charge in [0.2, 0.25) is 0 Å². The van der Waals surface area contributed by atoms with Crippen molar-refractivity contribution in [1.82, 2.24) is 14.3 Å². The van der Waals surface area contributed by atoms with Crippen LogP contribution in [0.5, 0.6) is 0 Å². The lowest BCUT2D eigenvalue weighted by atomic mass is 10.1. The third-order valence-electron chi connectivity index (χ3n) is 3.76. The van der Waals surface area contributed by atoms with Gasteiger partial charge in [-0.05, 0) is 37.1 Å². The highest BCUT2D eigenvalue weighted by molar-refractivity contribution is 8.18. The summed E-state index contributed by atoms with van der Waals surface area (Å²) in [5.74, 6) is -0.188. The van der Waals surface area contributed by atoms with Crippen molar-refractivity contribution in [3.8, 4) is 0 Å². The van der Waals surface area contributed by atoms with Crippen LogP contribution in [0.25, 0.3) is 11.0 Å². The Balaban J connectivity index is 1.62. The number of rotatable bonds is 1. The minimum Gasteiger partial charge on any atom is -0.351 e. The third kappa shape index (κ3) is 2.47. The van der Waals surface area contributed by atoms with Crippen LogP contribution in [0.4, 0.5) is 0 Å². The Labute approximate surface area is 140 Å². The number of amides is 1. The molecular formula is C14H13ClN4OS2. The first kappa shape index (κ1) is 14.3.